The summed E-state index contributed by atoms with van der Waals surface area (Å²) in [5.74, 6) is 1.19. The van der Waals surface area contributed by atoms with Crippen LogP contribution in [0.25, 0.3) is 0 Å². The number of halogens is 1. The summed E-state index contributed by atoms with van der Waals surface area (Å²) in [7, 11) is 0. The molecule has 0 radical (unpaired) electrons. The van der Waals surface area contributed by atoms with Gasteiger partial charge in [-0.3, -0.25) is 4.79 Å². The molecule has 1 unspecified atom stereocenters. The third kappa shape index (κ3) is 2.14. The van der Waals surface area contributed by atoms with Gasteiger partial charge in [0.15, 0.2) is 5.78 Å². The maximum Gasteiger partial charge on any atom is 0.174 e. The van der Waals surface area contributed by atoms with E-state index < -0.39 is 0 Å². The first kappa shape index (κ1) is 13.7. The van der Waals surface area contributed by atoms with Crippen molar-refractivity contribution in [3.63, 3.8) is 0 Å². The molecule has 1 N–H and O–H groups in total. The summed E-state index contributed by atoms with van der Waals surface area (Å²) >= 11 is 3.45. The molecule has 2 fully saturated rings. The van der Waals surface area contributed by atoms with Gasteiger partial charge >= 0.3 is 0 Å². The van der Waals surface area contributed by atoms with Gasteiger partial charge in [0.05, 0.1) is 24.7 Å². The van der Waals surface area contributed by atoms with Crippen molar-refractivity contribution in [3.05, 3.63) is 28.2 Å². The smallest absolute Gasteiger partial charge is 0.174 e. The molecular formula is C16H18BrNO3. The Kier molecular flexibility index (Phi) is 3.32. The quantitative estimate of drug-likeness (QED) is 0.843. The molecule has 112 valence electrons. The number of carbonyl (C=O) groups is 1. The number of carbonyl (C=O) groups excluding carboxylic acids is 1. The highest BCUT2D eigenvalue weighted by Gasteiger charge is 2.54. The van der Waals surface area contributed by atoms with Crippen molar-refractivity contribution in [1.29, 1.82) is 0 Å². The SMILES string of the molecule is O=C1c2cc(Br)ccc2OC2(CCNCC2)C1C1COC1. The molecule has 3 aliphatic heterocycles. The van der Waals surface area contributed by atoms with Gasteiger partial charge in [-0.15, -0.1) is 0 Å². The average molecular weight is 352 g/mol. The van der Waals surface area contributed by atoms with Gasteiger partial charge in [-0.05, 0) is 31.3 Å². The molecule has 0 saturated carbocycles. The van der Waals surface area contributed by atoms with Crippen LogP contribution in [0.3, 0.4) is 0 Å². The average Bonchev–Trinajstić information content (AvgIpc) is 2.44. The number of hydrogen-bond acceptors (Lipinski definition) is 4. The molecule has 3 heterocycles. The fraction of sp³-hybridized carbons (Fsp3) is 0.562. The summed E-state index contributed by atoms with van der Waals surface area (Å²) in [5.41, 5.74) is 0.364. The number of benzene rings is 1. The van der Waals surface area contributed by atoms with Gasteiger partial charge in [0.2, 0.25) is 0 Å². The minimum atomic E-state index is -0.350. The molecule has 0 aromatic heterocycles. The third-order valence-corrected chi connectivity index (χ3v) is 5.45. The van der Waals surface area contributed by atoms with Gasteiger partial charge in [-0.25, -0.2) is 0 Å². The normalized spacial score (nSPS) is 27.9. The van der Waals surface area contributed by atoms with Crippen LogP contribution in [0.5, 0.6) is 5.75 Å². The number of ether oxygens (including phenoxy) is 2. The lowest BCUT2D eigenvalue weighted by molar-refractivity contribution is -0.116. The first-order chi connectivity index (χ1) is 10.2. The van der Waals surface area contributed by atoms with Crippen LogP contribution in [0, 0.1) is 11.8 Å². The predicted molar refractivity (Wildman–Crippen MR) is 81.7 cm³/mol. The molecule has 1 aromatic rings. The molecule has 4 rings (SSSR count). The molecule has 1 spiro atoms. The fourth-order valence-electron chi connectivity index (χ4n) is 3.83. The van der Waals surface area contributed by atoms with E-state index in [1.165, 1.54) is 0 Å². The Balaban J connectivity index is 1.79. The first-order valence-corrected chi connectivity index (χ1v) is 8.30. The summed E-state index contributed by atoms with van der Waals surface area (Å²) in [5, 5.41) is 3.37. The van der Waals surface area contributed by atoms with Crippen LogP contribution in [0.1, 0.15) is 23.2 Å². The van der Waals surface area contributed by atoms with E-state index >= 15 is 0 Å². The molecule has 2 saturated heterocycles. The standard InChI is InChI=1S/C16H18BrNO3/c17-11-1-2-13-12(7-11)15(19)14(10-8-20-9-10)16(21-13)3-5-18-6-4-16/h1-2,7,10,14,18H,3-6,8-9H2. The summed E-state index contributed by atoms with van der Waals surface area (Å²) in [4.78, 5) is 13.1. The van der Waals surface area contributed by atoms with Gasteiger partial charge in [-0.2, -0.15) is 0 Å². The van der Waals surface area contributed by atoms with E-state index in [2.05, 4.69) is 21.2 Å². The maximum absolute atomic E-state index is 13.1. The largest absolute Gasteiger partial charge is 0.486 e. The Labute approximate surface area is 132 Å². The predicted octanol–water partition coefficient (Wildman–Crippen LogP) is 2.41. The number of ketones is 1. The van der Waals surface area contributed by atoms with Crippen LogP contribution in [0.15, 0.2) is 22.7 Å². The lowest BCUT2D eigenvalue weighted by Gasteiger charge is -2.50. The Bertz CT molecular complexity index is 579. The minimum absolute atomic E-state index is 0.0739. The first-order valence-electron chi connectivity index (χ1n) is 7.51. The van der Waals surface area contributed by atoms with E-state index in [9.17, 15) is 4.79 Å². The molecule has 0 amide bonds. The van der Waals surface area contributed by atoms with Gasteiger partial charge in [0, 0.05) is 23.2 Å². The lowest BCUT2D eigenvalue weighted by Crippen LogP contribution is -2.60. The number of hydrogen-bond donors (Lipinski definition) is 1. The zero-order valence-corrected chi connectivity index (χ0v) is 13.3. The number of rotatable bonds is 1. The van der Waals surface area contributed by atoms with Crippen molar-refractivity contribution in [3.8, 4) is 5.75 Å². The molecule has 4 nitrogen and oxygen atoms in total. The van der Waals surface area contributed by atoms with Gasteiger partial charge in [0.1, 0.15) is 11.4 Å². The molecular weight excluding hydrogens is 334 g/mol. The van der Waals surface area contributed by atoms with E-state index in [0.717, 1.165) is 36.2 Å². The van der Waals surface area contributed by atoms with Crippen LogP contribution in [-0.4, -0.2) is 37.7 Å². The van der Waals surface area contributed by atoms with E-state index in [-0.39, 0.29) is 17.3 Å². The molecule has 1 atom stereocenters. The fourth-order valence-corrected chi connectivity index (χ4v) is 4.19. The third-order valence-electron chi connectivity index (χ3n) is 4.95. The second-order valence-electron chi connectivity index (χ2n) is 6.20. The lowest BCUT2D eigenvalue weighted by atomic mass is 9.67. The second kappa shape index (κ2) is 5.07. The molecule has 5 heteroatoms. The summed E-state index contributed by atoms with van der Waals surface area (Å²) in [6.45, 7) is 3.17. The van der Waals surface area contributed by atoms with Crippen molar-refractivity contribution in [1.82, 2.24) is 5.32 Å². The molecule has 0 aliphatic carbocycles. The Morgan fingerprint density at radius 3 is 2.67 bits per heavy atom. The summed E-state index contributed by atoms with van der Waals surface area (Å²) in [6.07, 6.45) is 1.77. The maximum atomic E-state index is 13.1. The zero-order chi connectivity index (χ0) is 14.4. The van der Waals surface area contributed by atoms with Crippen LogP contribution in [0.2, 0.25) is 0 Å². The Morgan fingerprint density at radius 2 is 2.00 bits per heavy atom. The number of fused-ring (bicyclic) bond motifs is 1. The highest BCUT2D eigenvalue weighted by Crippen LogP contribution is 2.47. The molecule has 1 aromatic carbocycles. The van der Waals surface area contributed by atoms with Gasteiger partial charge < -0.3 is 14.8 Å². The molecule has 0 bridgehead atoms. The van der Waals surface area contributed by atoms with Crippen LogP contribution >= 0.6 is 15.9 Å². The van der Waals surface area contributed by atoms with Crippen molar-refractivity contribution in [2.75, 3.05) is 26.3 Å². The van der Waals surface area contributed by atoms with E-state index in [1.54, 1.807) is 0 Å². The highest BCUT2D eigenvalue weighted by atomic mass is 79.9. The number of piperidine rings is 1. The minimum Gasteiger partial charge on any atom is -0.486 e. The van der Waals surface area contributed by atoms with Gasteiger partial charge in [-0.1, -0.05) is 15.9 Å². The van der Waals surface area contributed by atoms with Crippen molar-refractivity contribution >= 4 is 21.7 Å². The molecule has 21 heavy (non-hydrogen) atoms. The highest BCUT2D eigenvalue weighted by molar-refractivity contribution is 9.10. The molecule has 3 aliphatic rings. The van der Waals surface area contributed by atoms with Gasteiger partial charge in [0.25, 0.3) is 0 Å². The van der Waals surface area contributed by atoms with E-state index in [4.69, 9.17) is 9.47 Å². The number of Topliss-reactive ketones (excluding diaryl/α,β-unsaturated/α-hetero) is 1. The van der Waals surface area contributed by atoms with Crippen molar-refractivity contribution in [2.45, 2.75) is 18.4 Å². The summed E-state index contributed by atoms with van der Waals surface area (Å²) < 4.78 is 12.7. The van der Waals surface area contributed by atoms with Crippen LogP contribution < -0.4 is 10.1 Å². The van der Waals surface area contributed by atoms with E-state index in [0.29, 0.717) is 24.7 Å². The second-order valence-corrected chi connectivity index (χ2v) is 7.11. The monoisotopic (exact) mass is 351 g/mol. The van der Waals surface area contributed by atoms with Crippen molar-refractivity contribution in [2.24, 2.45) is 11.8 Å². The van der Waals surface area contributed by atoms with Crippen LogP contribution in [0.4, 0.5) is 0 Å². The Hall–Kier alpha value is -0.910. The van der Waals surface area contributed by atoms with Crippen molar-refractivity contribution < 1.29 is 14.3 Å². The Morgan fingerprint density at radius 1 is 1.24 bits per heavy atom. The number of nitrogens with one attached hydrogen (secondary N) is 1. The topological polar surface area (TPSA) is 47.6 Å². The summed E-state index contributed by atoms with van der Waals surface area (Å²) in [6, 6.07) is 5.74. The van der Waals surface area contributed by atoms with E-state index in [1.807, 2.05) is 18.2 Å². The zero-order valence-electron chi connectivity index (χ0n) is 11.7. The van der Waals surface area contributed by atoms with Crippen LogP contribution in [-0.2, 0) is 4.74 Å².